The van der Waals surface area contributed by atoms with Crippen LogP contribution in [0.3, 0.4) is 0 Å². The van der Waals surface area contributed by atoms with Crippen LogP contribution in [-0.2, 0) is 0 Å². The van der Waals surface area contributed by atoms with Crippen molar-refractivity contribution in [1.29, 1.82) is 0 Å². The fraction of sp³-hybridized carbons (Fsp3) is 0.273. The van der Waals surface area contributed by atoms with Gasteiger partial charge in [0.1, 0.15) is 5.75 Å². The second-order valence-electron chi connectivity index (χ2n) is 3.14. The maximum Gasteiger partial charge on any atom is 0.573 e. The smallest absolute Gasteiger partial charge is 0.406 e. The molecule has 88 valence electrons. The Kier molecular flexibility index (Phi) is 3.95. The van der Waals surface area contributed by atoms with E-state index in [1.165, 1.54) is 24.3 Å². The Hall–Kier alpha value is -1.49. The zero-order valence-corrected chi connectivity index (χ0v) is 8.58. The number of rotatable bonds is 3. The predicted octanol–water partition coefficient (Wildman–Crippen LogP) is 2.98. The van der Waals surface area contributed by atoms with Crippen molar-refractivity contribution in [3.8, 4) is 5.75 Å². The van der Waals surface area contributed by atoms with Crippen molar-refractivity contribution in [3.05, 3.63) is 35.9 Å². The van der Waals surface area contributed by atoms with E-state index in [1.807, 2.05) is 0 Å². The summed E-state index contributed by atoms with van der Waals surface area (Å²) < 4.78 is 39.3. The van der Waals surface area contributed by atoms with Gasteiger partial charge in [0.15, 0.2) is 0 Å². The van der Waals surface area contributed by atoms with Crippen LogP contribution in [0.25, 0.3) is 5.57 Å². The molecule has 0 atom stereocenters. The van der Waals surface area contributed by atoms with Gasteiger partial charge >= 0.3 is 6.36 Å². The lowest BCUT2D eigenvalue weighted by molar-refractivity contribution is -0.274. The molecule has 16 heavy (non-hydrogen) atoms. The highest BCUT2D eigenvalue weighted by Gasteiger charge is 2.30. The van der Waals surface area contributed by atoms with Gasteiger partial charge in [0.25, 0.3) is 0 Å². The molecule has 0 aliphatic rings. The third kappa shape index (κ3) is 3.94. The minimum absolute atomic E-state index is 0.105. The first-order chi connectivity index (χ1) is 7.42. The van der Waals surface area contributed by atoms with Gasteiger partial charge in [-0.15, -0.1) is 13.2 Å². The molecule has 0 aromatic heterocycles. The fourth-order valence-corrected chi connectivity index (χ4v) is 1.17. The Morgan fingerprint density at radius 2 is 1.88 bits per heavy atom. The average Bonchev–Trinajstić information content (AvgIpc) is 2.16. The molecular weight excluding hydrogens is 221 g/mol. The number of hydrogen-bond donors (Lipinski definition) is 1. The maximum atomic E-state index is 11.9. The van der Waals surface area contributed by atoms with Crippen LogP contribution in [0.2, 0.25) is 0 Å². The first kappa shape index (κ1) is 12.6. The summed E-state index contributed by atoms with van der Waals surface area (Å²) in [5, 5.41) is 8.66. The van der Waals surface area contributed by atoms with Gasteiger partial charge in [-0.05, 0) is 30.2 Å². The summed E-state index contributed by atoms with van der Waals surface area (Å²) in [4.78, 5) is 0. The summed E-state index contributed by atoms with van der Waals surface area (Å²) in [6.45, 7) is 1.66. The number of aliphatic hydroxyl groups excluding tert-OH is 1. The van der Waals surface area contributed by atoms with Crippen LogP contribution in [-0.4, -0.2) is 18.1 Å². The molecule has 0 aliphatic heterocycles. The van der Waals surface area contributed by atoms with E-state index in [0.717, 1.165) is 11.1 Å². The predicted molar refractivity (Wildman–Crippen MR) is 53.9 cm³/mol. The number of benzene rings is 1. The van der Waals surface area contributed by atoms with E-state index >= 15 is 0 Å². The van der Waals surface area contributed by atoms with Crippen LogP contribution in [0.15, 0.2) is 30.3 Å². The molecule has 1 aromatic carbocycles. The molecule has 0 spiro atoms. The highest BCUT2D eigenvalue weighted by atomic mass is 19.4. The maximum absolute atomic E-state index is 11.9. The van der Waals surface area contributed by atoms with Gasteiger partial charge in [0.05, 0.1) is 6.61 Å². The van der Waals surface area contributed by atoms with Gasteiger partial charge in [-0.25, -0.2) is 0 Å². The van der Waals surface area contributed by atoms with Crippen LogP contribution < -0.4 is 4.74 Å². The number of alkyl halides is 3. The van der Waals surface area contributed by atoms with Crippen molar-refractivity contribution in [1.82, 2.24) is 0 Å². The number of ether oxygens (including phenoxy) is 1. The van der Waals surface area contributed by atoms with Gasteiger partial charge in [-0.3, -0.25) is 0 Å². The van der Waals surface area contributed by atoms with E-state index in [1.54, 1.807) is 13.0 Å². The molecule has 5 heteroatoms. The van der Waals surface area contributed by atoms with Gasteiger partial charge in [0.2, 0.25) is 0 Å². The van der Waals surface area contributed by atoms with Crippen molar-refractivity contribution in [2.24, 2.45) is 0 Å². The topological polar surface area (TPSA) is 29.5 Å². The zero-order chi connectivity index (χ0) is 12.2. The van der Waals surface area contributed by atoms with E-state index in [4.69, 9.17) is 5.11 Å². The van der Waals surface area contributed by atoms with Gasteiger partial charge in [-0.2, -0.15) is 0 Å². The molecule has 1 aromatic rings. The Morgan fingerprint density at radius 1 is 1.31 bits per heavy atom. The normalized spacial score (nSPS) is 12.7. The van der Waals surface area contributed by atoms with Crippen LogP contribution in [0.5, 0.6) is 5.75 Å². The van der Waals surface area contributed by atoms with Crippen molar-refractivity contribution >= 4 is 5.57 Å². The lowest BCUT2D eigenvalue weighted by atomic mass is 10.1. The standard InChI is InChI=1S/C11H11F3O2/c1-8(6-7-15)9-2-4-10(5-3-9)16-11(12,13)14/h2-6,15H,7H2,1H3. The van der Waals surface area contributed by atoms with Crippen molar-refractivity contribution in [2.75, 3.05) is 6.61 Å². The van der Waals surface area contributed by atoms with E-state index in [0.29, 0.717) is 0 Å². The van der Waals surface area contributed by atoms with Crippen LogP contribution in [0.4, 0.5) is 13.2 Å². The third-order valence-electron chi connectivity index (χ3n) is 1.94. The second kappa shape index (κ2) is 5.03. The molecule has 1 rings (SSSR count). The summed E-state index contributed by atoms with van der Waals surface area (Å²) in [6.07, 6.45) is -3.10. The molecule has 0 radical (unpaired) electrons. The molecule has 0 saturated heterocycles. The molecule has 0 fully saturated rings. The van der Waals surface area contributed by atoms with Crippen LogP contribution >= 0.6 is 0 Å². The first-order valence-electron chi connectivity index (χ1n) is 4.56. The summed E-state index contributed by atoms with van der Waals surface area (Å²) >= 11 is 0. The Bertz CT molecular complexity index is 366. The summed E-state index contributed by atoms with van der Waals surface area (Å²) in [5.41, 5.74) is 1.53. The van der Waals surface area contributed by atoms with Crippen LogP contribution in [0, 0.1) is 0 Å². The first-order valence-corrected chi connectivity index (χ1v) is 4.56. The summed E-state index contributed by atoms with van der Waals surface area (Å²) in [5.74, 6) is -0.256. The van der Waals surface area contributed by atoms with E-state index in [2.05, 4.69) is 4.74 Å². The largest absolute Gasteiger partial charge is 0.573 e. The Labute approximate surface area is 91.0 Å². The third-order valence-corrected chi connectivity index (χ3v) is 1.94. The van der Waals surface area contributed by atoms with E-state index < -0.39 is 6.36 Å². The number of aliphatic hydroxyl groups is 1. The number of halogens is 3. The quantitative estimate of drug-likeness (QED) is 0.868. The zero-order valence-electron chi connectivity index (χ0n) is 8.58. The number of hydrogen-bond acceptors (Lipinski definition) is 2. The molecular formula is C11H11F3O2. The Morgan fingerprint density at radius 3 is 2.31 bits per heavy atom. The fourth-order valence-electron chi connectivity index (χ4n) is 1.17. The molecule has 0 aliphatic carbocycles. The monoisotopic (exact) mass is 232 g/mol. The van der Waals surface area contributed by atoms with Crippen molar-refractivity contribution in [2.45, 2.75) is 13.3 Å². The van der Waals surface area contributed by atoms with Crippen molar-refractivity contribution in [3.63, 3.8) is 0 Å². The van der Waals surface area contributed by atoms with Gasteiger partial charge in [-0.1, -0.05) is 18.2 Å². The summed E-state index contributed by atoms with van der Waals surface area (Å²) in [7, 11) is 0. The van der Waals surface area contributed by atoms with E-state index in [-0.39, 0.29) is 12.4 Å². The molecule has 0 heterocycles. The van der Waals surface area contributed by atoms with Crippen molar-refractivity contribution < 1.29 is 23.0 Å². The Balaban J connectivity index is 2.79. The highest BCUT2D eigenvalue weighted by Crippen LogP contribution is 2.24. The number of allylic oxidation sites excluding steroid dienone is 1. The average molecular weight is 232 g/mol. The SMILES string of the molecule is CC(=CCO)c1ccc(OC(F)(F)F)cc1. The minimum Gasteiger partial charge on any atom is -0.406 e. The summed E-state index contributed by atoms with van der Waals surface area (Å²) in [6, 6.07) is 5.47. The second-order valence-corrected chi connectivity index (χ2v) is 3.14. The molecule has 0 unspecified atom stereocenters. The minimum atomic E-state index is -4.67. The highest BCUT2D eigenvalue weighted by molar-refractivity contribution is 5.64. The molecule has 1 N–H and O–H groups in total. The lowest BCUT2D eigenvalue weighted by Crippen LogP contribution is -2.16. The van der Waals surface area contributed by atoms with Crippen LogP contribution in [0.1, 0.15) is 12.5 Å². The molecule has 0 amide bonds. The molecule has 0 saturated carbocycles. The van der Waals surface area contributed by atoms with Gasteiger partial charge < -0.3 is 9.84 Å². The van der Waals surface area contributed by atoms with E-state index in [9.17, 15) is 13.2 Å². The lowest BCUT2D eigenvalue weighted by Gasteiger charge is -2.09. The molecule has 2 nitrogen and oxygen atoms in total. The van der Waals surface area contributed by atoms with Gasteiger partial charge in [0, 0.05) is 0 Å². The molecule has 0 bridgehead atoms.